The number of aliphatic hydroxyl groups excluding tert-OH is 1. The van der Waals surface area contributed by atoms with Crippen molar-refractivity contribution in [1.82, 2.24) is 4.98 Å². The van der Waals surface area contributed by atoms with Crippen molar-refractivity contribution in [3.8, 4) is 11.5 Å². The van der Waals surface area contributed by atoms with Gasteiger partial charge in [-0.05, 0) is 36.8 Å². The lowest BCUT2D eigenvalue weighted by Gasteiger charge is -2.36. The molecule has 0 saturated carbocycles. The summed E-state index contributed by atoms with van der Waals surface area (Å²) in [5.41, 5.74) is -0.252. The van der Waals surface area contributed by atoms with Gasteiger partial charge in [-0.1, -0.05) is 24.3 Å². The second-order valence-corrected chi connectivity index (χ2v) is 7.87. The van der Waals surface area contributed by atoms with Gasteiger partial charge < -0.3 is 19.6 Å². The van der Waals surface area contributed by atoms with Crippen molar-refractivity contribution in [1.29, 1.82) is 0 Å². The molecule has 0 spiro atoms. The lowest BCUT2D eigenvalue weighted by atomic mass is 9.88. The maximum atomic E-state index is 13.4. The van der Waals surface area contributed by atoms with E-state index in [9.17, 15) is 14.7 Å². The minimum absolute atomic E-state index is 0.166. The van der Waals surface area contributed by atoms with Crippen molar-refractivity contribution in [3.05, 3.63) is 58.3 Å². The van der Waals surface area contributed by atoms with Gasteiger partial charge in [0.2, 0.25) is 11.2 Å². The lowest BCUT2D eigenvalue weighted by Crippen LogP contribution is -2.50. The highest BCUT2D eigenvalue weighted by molar-refractivity contribution is 6.15. The molecule has 146 valence electrons. The van der Waals surface area contributed by atoms with Crippen LogP contribution in [-0.2, 0) is 0 Å². The number of Topliss-reactive ketones (excluding diaryl/α,β-unsaturated/α-hetero) is 1. The van der Waals surface area contributed by atoms with Crippen molar-refractivity contribution >= 4 is 38.4 Å². The Morgan fingerprint density at radius 3 is 2.48 bits per heavy atom. The zero-order valence-electron chi connectivity index (χ0n) is 16.2. The molecule has 6 heteroatoms. The Hall–Kier alpha value is -3.38. The predicted octanol–water partition coefficient (Wildman–Crippen LogP) is 3.56. The molecule has 5 rings (SSSR count). The average Bonchev–Trinajstić information content (AvgIpc) is 2.70. The molecule has 6 nitrogen and oxygen atoms in total. The van der Waals surface area contributed by atoms with Crippen molar-refractivity contribution in [2.24, 2.45) is 0 Å². The number of carbonyl (C=O) groups excluding carboxylic acids is 1. The molecule has 1 aliphatic rings. The molecule has 2 heterocycles. The zero-order valence-corrected chi connectivity index (χ0v) is 16.2. The summed E-state index contributed by atoms with van der Waals surface area (Å²) in [6.45, 7) is 3.29. The van der Waals surface area contributed by atoms with Crippen LogP contribution in [0.1, 0.15) is 24.2 Å². The molecule has 0 bridgehead atoms. The summed E-state index contributed by atoms with van der Waals surface area (Å²) in [4.78, 5) is 29.6. The van der Waals surface area contributed by atoms with Gasteiger partial charge in [-0.15, -0.1) is 0 Å². The molecular weight excluding hydrogens is 370 g/mol. The van der Waals surface area contributed by atoms with E-state index in [0.717, 1.165) is 10.8 Å². The van der Waals surface area contributed by atoms with Crippen LogP contribution in [0.25, 0.3) is 32.6 Å². The third-order valence-electron chi connectivity index (χ3n) is 5.62. The highest BCUT2D eigenvalue weighted by Gasteiger charge is 2.43. The summed E-state index contributed by atoms with van der Waals surface area (Å²) in [5, 5.41) is 13.1. The van der Waals surface area contributed by atoms with Crippen LogP contribution in [-0.4, -0.2) is 34.7 Å². The van der Waals surface area contributed by atoms with Crippen LogP contribution >= 0.6 is 0 Å². The summed E-state index contributed by atoms with van der Waals surface area (Å²) >= 11 is 0. The minimum Gasteiger partial charge on any atom is -0.496 e. The summed E-state index contributed by atoms with van der Waals surface area (Å²) in [7, 11) is 1.47. The van der Waals surface area contributed by atoms with E-state index >= 15 is 0 Å². The van der Waals surface area contributed by atoms with Gasteiger partial charge in [0.15, 0.2) is 6.10 Å². The van der Waals surface area contributed by atoms with Crippen LogP contribution in [0.5, 0.6) is 11.5 Å². The molecule has 0 radical (unpaired) electrons. The number of hydrogen-bond donors (Lipinski definition) is 2. The number of benzene rings is 3. The number of carbonyl (C=O) groups is 1. The first-order valence-corrected chi connectivity index (χ1v) is 9.32. The number of ketones is 1. The summed E-state index contributed by atoms with van der Waals surface area (Å²) < 4.78 is 11.4. The number of aromatic amines is 1. The van der Waals surface area contributed by atoms with Crippen molar-refractivity contribution in [2.45, 2.75) is 25.6 Å². The summed E-state index contributed by atoms with van der Waals surface area (Å²) in [5.74, 6) is 0.111. The molecule has 3 aromatic carbocycles. The fourth-order valence-corrected chi connectivity index (χ4v) is 4.06. The number of fused-ring (bicyclic) bond motifs is 5. The molecule has 1 atom stereocenters. The summed E-state index contributed by atoms with van der Waals surface area (Å²) in [6, 6.07) is 13.0. The molecule has 2 N–H and O–H groups in total. The molecule has 0 fully saturated rings. The Morgan fingerprint density at radius 1 is 1.10 bits per heavy atom. The normalized spacial score (nSPS) is 18.1. The Balaban J connectivity index is 1.97. The predicted molar refractivity (Wildman–Crippen MR) is 111 cm³/mol. The Bertz CT molecular complexity index is 1400. The molecule has 0 aliphatic carbocycles. The molecule has 1 aromatic heterocycles. The van der Waals surface area contributed by atoms with E-state index < -0.39 is 17.5 Å². The third kappa shape index (κ3) is 2.39. The van der Waals surface area contributed by atoms with Gasteiger partial charge in [0.1, 0.15) is 17.1 Å². The maximum Gasteiger partial charge on any atom is 0.201 e. The molecule has 1 unspecified atom stereocenters. The van der Waals surface area contributed by atoms with E-state index in [1.54, 1.807) is 19.9 Å². The Labute approximate surface area is 165 Å². The van der Waals surface area contributed by atoms with Crippen LogP contribution in [0.15, 0.2) is 47.3 Å². The molecular formula is C23H19NO5. The Morgan fingerprint density at radius 2 is 1.79 bits per heavy atom. The largest absolute Gasteiger partial charge is 0.496 e. The number of ether oxygens (including phenoxy) is 2. The first kappa shape index (κ1) is 17.7. The number of rotatable bonds is 1. The lowest BCUT2D eigenvalue weighted by molar-refractivity contribution is -0.0247. The molecule has 1 aliphatic heterocycles. The number of nitrogens with one attached hydrogen (secondary N) is 1. The van der Waals surface area contributed by atoms with E-state index in [0.29, 0.717) is 22.2 Å². The number of hydrogen-bond acceptors (Lipinski definition) is 5. The van der Waals surface area contributed by atoms with Crippen LogP contribution in [0, 0.1) is 0 Å². The number of H-pyrrole nitrogens is 1. The molecule has 0 saturated heterocycles. The van der Waals surface area contributed by atoms with Gasteiger partial charge in [-0.3, -0.25) is 9.59 Å². The van der Waals surface area contributed by atoms with Crippen LogP contribution in [0.2, 0.25) is 0 Å². The number of methoxy groups -OCH3 is 1. The van der Waals surface area contributed by atoms with Crippen molar-refractivity contribution in [3.63, 3.8) is 0 Å². The topological polar surface area (TPSA) is 88.6 Å². The van der Waals surface area contributed by atoms with Crippen LogP contribution in [0.3, 0.4) is 0 Å². The fraction of sp³-hybridized carbons (Fsp3) is 0.217. The first-order chi connectivity index (χ1) is 13.8. The molecule has 29 heavy (non-hydrogen) atoms. The van der Waals surface area contributed by atoms with Gasteiger partial charge in [-0.25, -0.2) is 0 Å². The highest BCUT2D eigenvalue weighted by Crippen LogP contribution is 2.41. The van der Waals surface area contributed by atoms with E-state index in [2.05, 4.69) is 4.98 Å². The average molecular weight is 389 g/mol. The van der Waals surface area contributed by atoms with E-state index in [4.69, 9.17) is 9.47 Å². The standard InChI is InChI=1S/C23H19NO5/c1-23(2)22(27)21(26)18-16(29-23)10-15(28-3)17-19(18)24-14-9-12-7-5-4-6-11(12)8-13(14)20(17)25/h4-10,22,27H,1-3H3,(H,24,25). The molecule has 4 aromatic rings. The summed E-state index contributed by atoms with van der Waals surface area (Å²) in [6.07, 6.45) is -1.35. The number of pyridine rings is 1. The monoisotopic (exact) mass is 389 g/mol. The van der Waals surface area contributed by atoms with Gasteiger partial charge in [-0.2, -0.15) is 0 Å². The van der Waals surface area contributed by atoms with Gasteiger partial charge >= 0.3 is 0 Å². The molecule has 0 amide bonds. The van der Waals surface area contributed by atoms with Crippen LogP contribution < -0.4 is 14.9 Å². The highest BCUT2D eigenvalue weighted by atomic mass is 16.5. The fourth-order valence-electron chi connectivity index (χ4n) is 4.06. The van der Waals surface area contributed by atoms with E-state index in [-0.39, 0.29) is 22.1 Å². The SMILES string of the molecule is COc1cc2c(c3[nH]c4cc5ccccc5cc4c(=O)c13)C(=O)C(O)C(C)(C)O2. The minimum atomic E-state index is -1.35. The Kier molecular flexibility index (Phi) is 3.55. The second-order valence-electron chi connectivity index (χ2n) is 7.87. The smallest absolute Gasteiger partial charge is 0.201 e. The van der Waals surface area contributed by atoms with Crippen molar-refractivity contribution < 1.29 is 19.4 Å². The number of aliphatic hydroxyl groups is 1. The van der Waals surface area contributed by atoms with Gasteiger partial charge in [0.05, 0.1) is 29.1 Å². The zero-order chi connectivity index (χ0) is 20.5. The third-order valence-corrected chi connectivity index (χ3v) is 5.62. The first-order valence-electron chi connectivity index (χ1n) is 9.32. The van der Waals surface area contributed by atoms with Crippen molar-refractivity contribution in [2.75, 3.05) is 7.11 Å². The second kappa shape index (κ2) is 5.81. The van der Waals surface area contributed by atoms with Crippen LogP contribution in [0.4, 0.5) is 0 Å². The maximum absolute atomic E-state index is 13.4. The number of aromatic nitrogens is 1. The van der Waals surface area contributed by atoms with E-state index in [1.807, 2.05) is 36.4 Å². The van der Waals surface area contributed by atoms with Gasteiger partial charge in [0.25, 0.3) is 0 Å². The quantitative estimate of drug-likeness (QED) is 0.486. The van der Waals surface area contributed by atoms with E-state index in [1.165, 1.54) is 7.11 Å². The van der Waals surface area contributed by atoms with Gasteiger partial charge in [0, 0.05) is 11.5 Å².